The van der Waals surface area contributed by atoms with Crippen molar-refractivity contribution in [2.45, 2.75) is 60.4 Å². The quantitative estimate of drug-likeness (QED) is 0.577. The number of hydrogen-bond acceptors (Lipinski definition) is 7. The van der Waals surface area contributed by atoms with Crippen molar-refractivity contribution in [1.29, 1.82) is 0 Å². The van der Waals surface area contributed by atoms with E-state index in [2.05, 4.69) is 20.3 Å². The molecule has 0 unspecified atom stereocenters. The number of hydrogen-bond donors (Lipinski definition) is 1. The van der Waals surface area contributed by atoms with Gasteiger partial charge in [0.25, 0.3) is 0 Å². The monoisotopic (exact) mass is 359 g/mol. The van der Waals surface area contributed by atoms with E-state index in [0.29, 0.717) is 17.3 Å². The third-order valence-corrected chi connectivity index (χ3v) is 4.13. The first-order valence-electron chi connectivity index (χ1n) is 8.69. The molecule has 0 aliphatic heterocycles. The molecule has 26 heavy (non-hydrogen) atoms. The maximum atomic E-state index is 11.7. The van der Waals surface area contributed by atoms with E-state index in [4.69, 9.17) is 4.74 Å². The summed E-state index contributed by atoms with van der Waals surface area (Å²) in [4.78, 5) is 24.0. The molecule has 2 heterocycles. The van der Waals surface area contributed by atoms with Gasteiger partial charge in [0.15, 0.2) is 5.75 Å². The van der Waals surface area contributed by atoms with Crippen molar-refractivity contribution in [3.63, 3.8) is 0 Å². The molecule has 0 aliphatic rings. The molecule has 0 aromatic carbocycles. The highest BCUT2D eigenvalue weighted by Gasteiger charge is 2.28. The average Bonchev–Trinajstić information content (AvgIpc) is 2.55. The predicted octanol–water partition coefficient (Wildman–Crippen LogP) is 4.41. The fourth-order valence-corrected chi connectivity index (χ4v) is 2.83. The van der Waals surface area contributed by atoms with Gasteiger partial charge in [-0.1, -0.05) is 13.8 Å². The number of anilines is 1. The van der Waals surface area contributed by atoms with Crippen LogP contribution in [0.5, 0.6) is 11.6 Å². The maximum Gasteiger partial charge on any atom is 0.373 e. The zero-order valence-corrected chi connectivity index (χ0v) is 16.1. The van der Waals surface area contributed by atoms with E-state index in [-0.39, 0.29) is 23.4 Å². The van der Waals surface area contributed by atoms with Crippen LogP contribution in [0.4, 0.5) is 11.5 Å². The van der Waals surface area contributed by atoms with Gasteiger partial charge in [-0.2, -0.15) is 4.98 Å². The molecule has 1 N–H and O–H groups in total. The third-order valence-electron chi connectivity index (χ3n) is 4.13. The highest BCUT2D eigenvalue weighted by molar-refractivity contribution is 5.63. The van der Waals surface area contributed by atoms with E-state index in [9.17, 15) is 10.1 Å². The lowest BCUT2D eigenvalue weighted by atomic mass is 10.2. The Morgan fingerprint density at radius 1 is 1.15 bits per heavy atom. The fraction of sp³-hybridized carbons (Fsp3) is 0.500. The minimum absolute atomic E-state index is 0.0761. The lowest BCUT2D eigenvalue weighted by Gasteiger charge is -2.17. The second-order valence-electron chi connectivity index (χ2n) is 6.29. The highest BCUT2D eigenvalue weighted by atomic mass is 16.6. The summed E-state index contributed by atoms with van der Waals surface area (Å²) in [7, 11) is 0. The zero-order valence-electron chi connectivity index (χ0n) is 16.1. The number of nitro groups is 1. The van der Waals surface area contributed by atoms with Gasteiger partial charge in [0.2, 0.25) is 5.82 Å². The van der Waals surface area contributed by atoms with Gasteiger partial charge >= 0.3 is 11.6 Å². The Balaban J connectivity index is 2.55. The molecule has 0 fully saturated rings. The molecular formula is C18H25N5O3. The molecular weight excluding hydrogens is 334 g/mol. The van der Waals surface area contributed by atoms with Crippen LogP contribution in [0.2, 0.25) is 0 Å². The molecule has 2 rings (SSSR count). The van der Waals surface area contributed by atoms with E-state index < -0.39 is 4.92 Å². The number of nitrogens with one attached hydrogen (secondary N) is 1. The van der Waals surface area contributed by atoms with Crippen molar-refractivity contribution in [3.8, 4) is 11.6 Å². The zero-order chi connectivity index (χ0) is 19.4. The van der Waals surface area contributed by atoms with Gasteiger partial charge in [-0.3, -0.25) is 15.1 Å². The standard InChI is InChI=1S/C18H25N5O3/c1-7-14(8-2)22-17-15(23(24)25)18(21-13(6)20-17)26-16-10(3)9-11(4)19-12(16)5/h9,14H,7-8H2,1-6H3,(H,20,21,22). The van der Waals surface area contributed by atoms with Crippen molar-refractivity contribution in [1.82, 2.24) is 15.0 Å². The van der Waals surface area contributed by atoms with E-state index in [1.54, 1.807) is 13.8 Å². The van der Waals surface area contributed by atoms with E-state index in [1.165, 1.54) is 0 Å². The molecule has 0 radical (unpaired) electrons. The first kappa shape index (κ1) is 19.6. The molecule has 8 nitrogen and oxygen atoms in total. The van der Waals surface area contributed by atoms with Gasteiger partial charge in [0.05, 0.1) is 10.6 Å². The Hall–Kier alpha value is -2.77. The minimum Gasteiger partial charge on any atom is -0.431 e. The van der Waals surface area contributed by atoms with Crippen LogP contribution in [-0.2, 0) is 0 Å². The Morgan fingerprint density at radius 2 is 1.81 bits per heavy atom. The van der Waals surface area contributed by atoms with Crippen LogP contribution in [0.3, 0.4) is 0 Å². The van der Waals surface area contributed by atoms with Gasteiger partial charge in [-0.15, -0.1) is 0 Å². The van der Waals surface area contributed by atoms with Crippen LogP contribution in [-0.4, -0.2) is 25.9 Å². The number of nitrogens with zero attached hydrogens (tertiary/aromatic N) is 4. The van der Waals surface area contributed by atoms with Crippen molar-refractivity contribution < 1.29 is 9.66 Å². The molecule has 0 amide bonds. The number of rotatable bonds is 7. The summed E-state index contributed by atoms with van der Waals surface area (Å²) in [6, 6.07) is 1.95. The van der Waals surface area contributed by atoms with Crippen LogP contribution >= 0.6 is 0 Å². The van der Waals surface area contributed by atoms with Crippen molar-refractivity contribution in [2.24, 2.45) is 0 Å². The molecule has 2 aromatic heterocycles. The summed E-state index contributed by atoms with van der Waals surface area (Å²) in [6.07, 6.45) is 1.65. The van der Waals surface area contributed by atoms with Crippen molar-refractivity contribution >= 4 is 11.5 Å². The molecule has 0 saturated heterocycles. The Bertz CT molecular complexity index is 796. The number of pyridine rings is 1. The second-order valence-corrected chi connectivity index (χ2v) is 6.29. The molecule has 0 saturated carbocycles. The topological polar surface area (TPSA) is 103 Å². The smallest absolute Gasteiger partial charge is 0.373 e. The maximum absolute atomic E-state index is 11.7. The SMILES string of the molecule is CCC(CC)Nc1nc(C)nc(Oc2c(C)cc(C)nc2C)c1[N+](=O)[O-]. The van der Waals surface area contributed by atoms with E-state index in [1.807, 2.05) is 33.8 Å². The normalized spacial score (nSPS) is 10.9. The number of aromatic nitrogens is 3. The molecule has 140 valence electrons. The highest BCUT2D eigenvalue weighted by Crippen LogP contribution is 2.37. The van der Waals surface area contributed by atoms with E-state index in [0.717, 1.165) is 24.1 Å². The third kappa shape index (κ3) is 4.25. The van der Waals surface area contributed by atoms with Gasteiger partial charge in [-0.25, -0.2) is 4.98 Å². The molecule has 8 heteroatoms. The number of ether oxygens (including phenoxy) is 1. The molecule has 0 bridgehead atoms. The Labute approximate surface area is 153 Å². The molecule has 0 aliphatic carbocycles. The lowest BCUT2D eigenvalue weighted by molar-refractivity contribution is -0.385. The summed E-state index contributed by atoms with van der Waals surface area (Å²) in [5, 5.41) is 14.9. The first-order chi connectivity index (χ1) is 12.3. The Kier molecular flexibility index (Phi) is 6.07. The average molecular weight is 359 g/mol. The Morgan fingerprint density at radius 3 is 2.35 bits per heavy atom. The molecule has 0 spiro atoms. The summed E-state index contributed by atoms with van der Waals surface area (Å²) in [5.41, 5.74) is 2.09. The van der Waals surface area contributed by atoms with Crippen molar-refractivity contribution in [3.05, 3.63) is 39.0 Å². The molecule has 2 aromatic rings. The van der Waals surface area contributed by atoms with Crippen LogP contribution < -0.4 is 10.1 Å². The summed E-state index contributed by atoms with van der Waals surface area (Å²) >= 11 is 0. The van der Waals surface area contributed by atoms with Crippen LogP contribution in [0, 0.1) is 37.8 Å². The largest absolute Gasteiger partial charge is 0.431 e. The van der Waals surface area contributed by atoms with Crippen LogP contribution in [0.25, 0.3) is 0 Å². The van der Waals surface area contributed by atoms with Crippen molar-refractivity contribution in [2.75, 3.05) is 5.32 Å². The van der Waals surface area contributed by atoms with Gasteiger partial charge in [0.1, 0.15) is 5.82 Å². The van der Waals surface area contributed by atoms with Gasteiger partial charge in [0, 0.05) is 11.7 Å². The minimum atomic E-state index is -0.508. The second kappa shape index (κ2) is 8.07. The fourth-order valence-electron chi connectivity index (χ4n) is 2.83. The summed E-state index contributed by atoms with van der Waals surface area (Å²) in [5.74, 6) is 0.981. The van der Waals surface area contributed by atoms with Gasteiger partial charge in [-0.05, 0) is 52.2 Å². The van der Waals surface area contributed by atoms with Crippen LogP contribution in [0.1, 0.15) is 49.5 Å². The van der Waals surface area contributed by atoms with Crippen LogP contribution in [0.15, 0.2) is 6.07 Å². The van der Waals surface area contributed by atoms with E-state index >= 15 is 0 Å². The summed E-state index contributed by atoms with van der Waals surface area (Å²) in [6.45, 7) is 11.3. The predicted molar refractivity (Wildman–Crippen MR) is 99.9 cm³/mol. The first-order valence-corrected chi connectivity index (χ1v) is 8.69. The number of aryl methyl sites for hydroxylation is 4. The lowest BCUT2D eigenvalue weighted by Crippen LogP contribution is -2.19. The summed E-state index contributed by atoms with van der Waals surface area (Å²) < 4.78 is 5.86. The molecule has 0 atom stereocenters. The van der Waals surface area contributed by atoms with Gasteiger partial charge < -0.3 is 10.1 Å².